The number of carbonyl (C=O) groups excluding carboxylic acids is 1. The van der Waals surface area contributed by atoms with E-state index in [-0.39, 0.29) is 11.7 Å². The summed E-state index contributed by atoms with van der Waals surface area (Å²) in [4.78, 5) is 13.4. The average Bonchev–Trinajstić information content (AvgIpc) is 2.68. The van der Waals surface area contributed by atoms with Crippen LogP contribution in [-0.2, 0) is 0 Å². The molecule has 1 aliphatic rings. The van der Waals surface area contributed by atoms with E-state index in [0.717, 1.165) is 26.6 Å². The van der Waals surface area contributed by atoms with Crippen molar-refractivity contribution in [2.24, 2.45) is 0 Å². The summed E-state index contributed by atoms with van der Waals surface area (Å²) in [5.41, 5.74) is 3.46. The van der Waals surface area contributed by atoms with Gasteiger partial charge in [0.05, 0.1) is 5.56 Å². The van der Waals surface area contributed by atoms with Crippen molar-refractivity contribution in [2.45, 2.75) is 26.9 Å². The zero-order chi connectivity index (χ0) is 14.4. The van der Waals surface area contributed by atoms with Crippen LogP contribution in [0, 0.1) is 20.8 Å². The van der Waals surface area contributed by atoms with Crippen molar-refractivity contribution in [3.8, 4) is 5.75 Å². The summed E-state index contributed by atoms with van der Waals surface area (Å²) in [6.45, 7) is 5.92. The predicted molar refractivity (Wildman–Crippen MR) is 80.5 cm³/mol. The third kappa shape index (κ3) is 1.94. The summed E-state index contributed by atoms with van der Waals surface area (Å²) < 4.78 is 0. The second kappa shape index (κ2) is 4.52. The molecule has 0 unspecified atom stereocenters. The molecule has 3 N–H and O–H groups in total. The molecular formula is C15H16N2O2S. The molecule has 1 atom stereocenters. The summed E-state index contributed by atoms with van der Waals surface area (Å²) in [7, 11) is 0. The lowest BCUT2D eigenvalue weighted by molar-refractivity contribution is 0.0935. The van der Waals surface area contributed by atoms with Crippen LogP contribution < -0.4 is 10.6 Å². The number of hydrogen-bond acceptors (Lipinski definition) is 4. The molecule has 20 heavy (non-hydrogen) atoms. The maximum atomic E-state index is 12.3. The maximum Gasteiger partial charge on any atom is 0.256 e. The van der Waals surface area contributed by atoms with E-state index < -0.39 is 6.17 Å². The van der Waals surface area contributed by atoms with Crippen LogP contribution in [0.1, 0.15) is 38.1 Å². The van der Waals surface area contributed by atoms with E-state index in [1.54, 1.807) is 17.4 Å². The Morgan fingerprint density at radius 1 is 1.20 bits per heavy atom. The van der Waals surface area contributed by atoms with E-state index in [4.69, 9.17) is 0 Å². The van der Waals surface area contributed by atoms with Gasteiger partial charge in [-0.15, -0.1) is 11.3 Å². The molecule has 0 saturated carbocycles. The normalized spacial score (nSPS) is 17.4. The third-order valence-corrected chi connectivity index (χ3v) is 4.80. The van der Waals surface area contributed by atoms with Crippen LogP contribution >= 0.6 is 11.3 Å². The number of anilines is 1. The molecule has 1 aliphatic heterocycles. The number of amides is 1. The molecule has 0 spiro atoms. The quantitative estimate of drug-likeness (QED) is 0.755. The third-order valence-electron chi connectivity index (χ3n) is 3.66. The molecule has 0 bridgehead atoms. The van der Waals surface area contributed by atoms with Gasteiger partial charge in [0.2, 0.25) is 0 Å². The number of hydrogen-bond donors (Lipinski definition) is 3. The van der Waals surface area contributed by atoms with Gasteiger partial charge in [0.1, 0.15) is 16.9 Å². The van der Waals surface area contributed by atoms with Gasteiger partial charge in [-0.3, -0.25) is 4.79 Å². The predicted octanol–water partition coefficient (Wildman–Crippen LogP) is 3.23. The number of phenolic OH excluding ortho intramolecular Hbond substituents is 1. The molecule has 104 valence electrons. The first-order valence-corrected chi connectivity index (χ1v) is 7.26. The van der Waals surface area contributed by atoms with Crippen LogP contribution in [0.2, 0.25) is 0 Å². The largest absolute Gasteiger partial charge is 0.508 e. The number of benzene rings is 1. The van der Waals surface area contributed by atoms with Crippen molar-refractivity contribution < 1.29 is 9.90 Å². The van der Waals surface area contributed by atoms with E-state index in [0.29, 0.717) is 5.56 Å². The Balaban J connectivity index is 2.03. The Hall–Kier alpha value is -2.01. The second-order valence-corrected chi connectivity index (χ2v) is 6.33. The number of thiophene rings is 1. The molecular weight excluding hydrogens is 272 g/mol. The standard InChI is InChI=1S/C15H16N2O2S/c1-7-4-5-11(18)10(6-7)13-16-14(19)12-8(2)9(3)20-15(12)17-13/h4-6,13,17-18H,1-3H3,(H,16,19)/t13-/m0/s1. The zero-order valence-electron chi connectivity index (χ0n) is 11.6. The first-order valence-electron chi connectivity index (χ1n) is 6.44. The first kappa shape index (κ1) is 13.0. The van der Waals surface area contributed by atoms with Crippen LogP contribution in [0.3, 0.4) is 0 Å². The number of aromatic hydroxyl groups is 1. The monoisotopic (exact) mass is 288 g/mol. The van der Waals surface area contributed by atoms with Gasteiger partial charge in [-0.1, -0.05) is 11.6 Å². The fraction of sp³-hybridized carbons (Fsp3) is 0.267. The first-order chi connectivity index (χ1) is 9.47. The molecule has 1 amide bonds. The van der Waals surface area contributed by atoms with Gasteiger partial charge in [0.15, 0.2) is 0 Å². The van der Waals surface area contributed by atoms with Gasteiger partial charge in [0, 0.05) is 10.4 Å². The summed E-state index contributed by atoms with van der Waals surface area (Å²) in [6, 6.07) is 5.37. The molecule has 1 aromatic heterocycles. The second-order valence-electron chi connectivity index (χ2n) is 5.10. The van der Waals surface area contributed by atoms with Crippen molar-refractivity contribution in [1.29, 1.82) is 0 Å². The molecule has 5 heteroatoms. The Kier molecular flexibility index (Phi) is 2.94. The lowest BCUT2D eigenvalue weighted by Gasteiger charge is -2.27. The van der Waals surface area contributed by atoms with E-state index in [2.05, 4.69) is 10.6 Å². The number of fused-ring (bicyclic) bond motifs is 1. The fourth-order valence-corrected chi connectivity index (χ4v) is 3.52. The minimum atomic E-state index is -0.396. The molecule has 3 rings (SSSR count). The topological polar surface area (TPSA) is 61.4 Å². The average molecular weight is 288 g/mol. The zero-order valence-corrected chi connectivity index (χ0v) is 12.4. The Labute approximate surface area is 121 Å². The van der Waals surface area contributed by atoms with Gasteiger partial charge in [-0.25, -0.2) is 0 Å². The van der Waals surface area contributed by atoms with Gasteiger partial charge < -0.3 is 15.7 Å². The highest BCUT2D eigenvalue weighted by Crippen LogP contribution is 2.38. The molecule has 1 aromatic carbocycles. The SMILES string of the molecule is Cc1ccc(O)c([C@H]2NC(=O)c3c(sc(C)c3C)N2)c1. The number of rotatable bonds is 1. The van der Waals surface area contributed by atoms with E-state index >= 15 is 0 Å². The maximum absolute atomic E-state index is 12.3. The van der Waals surface area contributed by atoms with Crippen molar-refractivity contribution in [1.82, 2.24) is 5.32 Å². The lowest BCUT2D eigenvalue weighted by atomic mass is 10.0. The van der Waals surface area contributed by atoms with Crippen LogP contribution in [-0.4, -0.2) is 11.0 Å². The summed E-state index contributed by atoms with van der Waals surface area (Å²) in [5, 5.41) is 17.1. The summed E-state index contributed by atoms with van der Waals surface area (Å²) >= 11 is 1.58. The van der Waals surface area contributed by atoms with Crippen LogP contribution in [0.25, 0.3) is 0 Å². The number of aryl methyl sites for hydroxylation is 2. The molecule has 4 nitrogen and oxygen atoms in total. The summed E-state index contributed by atoms with van der Waals surface area (Å²) in [6.07, 6.45) is -0.396. The Morgan fingerprint density at radius 3 is 2.70 bits per heavy atom. The van der Waals surface area contributed by atoms with Crippen molar-refractivity contribution >= 4 is 22.2 Å². The minimum absolute atomic E-state index is 0.0912. The van der Waals surface area contributed by atoms with E-state index in [1.165, 1.54) is 0 Å². The van der Waals surface area contributed by atoms with Crippen LogP contribution in [0.5, 0.6) is 5.75 Å². The van der Waals surface area contributed by atoms with E-state index in [1.807, 2.05) is 32.9 Å². The fourth-order valence-electron chi connectivity index (χ4n) is 2.43. The van der Waals surface area contributed by atoms with Crippen molar-refractivity contribution in [3.63, 3.8) is 0 Å². The highest BCUT2D eigenvalue weighted by Gasteiger charge is 2.30. The van der Waals surface area contributed by atoms with Gasteiger partial charge >= 0.3 is 0 Å². The van der Waals surface area contributed by atoms with Crippen LogP contribution in [0.4, 0.5) is 5.00 Å². The van der Waals surface area contributed by atoms with Gasteiger partial charge in [-0.05, 0) is 38.5 Å². The molecule has 0 radical (unpaired) electrons. The molecule has 0 saturated heterocycles. The van der Waals surface area contributed by atoms with Gasteiger partial charge in [0.25, 0.3) is 5.91 Å². The van der Waals surface area contributed by atoms with E-state index in [9.17, 15) is 9.90 Å². The highest BCUT2D eigenvalue weighted by atomic mass is 32.1. The minimum Gasteiger partial charge on any atom is -0.508 e. The van der Waals surface area contributed by atoms with Gasteiger partial charge in [-0.2, -0.15) is 0 Å². The smallest absolute Gasteiger partial charge is 0.256 e. The Morgan fingerprint density at radius 2 is 1.95 bits per heavy atom. The molecule has 0 fully saturated rings. The van der Waals surface area contributed by atoms with Crippen molar-refractivity contribution in [2.75, 3.05) is 5.32 Å². The Bertz CT molecular complexity index is 706. The number of phenols is 1. The number of carbonyl (C=O) groups is 1. The highest BCUT2D eigenvalue weighted by molar-refractivity contribution is 7.16. The summed E-state index contributed by atoms with van der Waals surface area (Å²) in [5.74, 6) is 0.0911. The molecule has 2 aromatic rings. The van der Waals surface area contributed by atoms with Crippen LogP contribution in [0.15, 0.2) is 18.2 Å². The molecule has 2 heterocycles. The van der Waals surface area contributed by atoms with Crippen molar-refractivity contribution in [3.05, 3.63) is 45.3 Å². The number of nitrogens with one attached hydrogen (secondary N) is 2. The lowest BCUT2D eigenvalue weighted by Crippen LogP contribution is -2.38. The molecule has 0 aliphatic carbocycles.